The van der Waals surface area contributed by atoms with Crippen LogP contribution in [0.2, 0.25) is 0 Å². The summed E-state index contributed by atoms with van der Waals surface area (Å²) < 4.78 is 30.5. The summed E-state index contributed by atoms with van der Waals surface area (Å²) in [5.41, 5.74) is 0.941. The molecule has 0 saturated heterocycles. The molecule has 3 aromatic rings. The van der Waals surface area contributed by atoms with Gasteiger partial charge in [0.25, 0.3) is 0 Å². The summed E-state index contributed by atoms with van der Waals surface area (Å²) in [5.74, 6) is 2.33. The Morgan fingerprint density at radius 1 is 1.18 bits per heavy atom. The summed E-state index contributed by atoms with van der Waals surface area (Å²) in [6.07, 6.45) is 8.86. The minimum absolute atomic E-state index is 0.0873. The molecule has 0 bridgehead atoms. The van der Waals surface area contributed by atoms with Crippen molar-refractivity contribution in [2.75, 3.05) is 31.0 Å². The predicted octanol–water partition coefficient (Wildman–Crippen LogP) is 2.95. The first-order valence-corrected chi connectivity index (χ1v) is 13.6. The highest BCUT2D eigenvalue weighted by molar-refractivity contribution is 7.90. The van der Waals surface area contributed by atoms with Crippen molar-refractivity contribution in [2.24, 2.45) is 5.92 Å². The highest BCUT2D eigenvalue weighted by Crippen LogP contribution is 2.29. The number of aromatic nitrogens is 3. The van der Waals surface area contributed by atoms with Crippen LogP contribution >= 0.6 is 0 Å². The Labute approximate surface area is 199 Å². The summed E-state index contributed by atoms with van der Waals surface area (Å²) >= 11 is 0. The maximum Gasteiger partial charge on any atom is 0.224 e. The number of hydrogen-bond donors (Lipinski definition) is 2. The number of hydrogen-bond acceptors (Lipinski definition) is 7. The van der Waals surface area contributed by atoms with E-state index in [2.05, 4.69) is 15.6 Å². The third kappa shape index (κ3) is 5.85. The normalized spacial score (nSPS) is 18.5. The van der Waals surface area contributed by atoms with E-state index in [0.717, 1.165) is 42.4 Å². The van der Waals surface area contributed by atoms with Gasteiger partial charge in [0.2, 0.25) is 11.9 Å². The van der Waals surface area contributed by atoms with Gasteiger partial charge in [0.05, 0.1) is 17.9 Å². The molecule has 10 heteroatoms. The zero-order valence-electron chi connectivity index (χ0n) is 19.5. The number of benzene rings is 1. The topological polar surface area (TPSA) is 115 Å². The number of sulfone groups is 1. The number of nitrogens with zero attached hydrogens (tertiary/aromatic N) is 3. The molecule has 1 aliphatic carbocycles. The molecule has 182 valence electrons. The molecule has 9 nitrogen and oxygen atoms in total. The van der Waals surface area contributed by atoms with Crippen LogP contribution in [0.25, 0.3) is 16.7 Å². The van der Waals surface area contributed by atoms with Crippen LogP contribution in [0.1, 0.15) is 32.1 Å². The molecule has 2 aromatic heterocycles. The minimum atomic E-state index is -3.00. The molecule has 1 fully saturated rings. The number of anilines is 1. The molecule has 2 N–H and O–H groups in total. The Morgan fingerprint density at radius 3 is 2.71 bits per heavy atom. The van der Waals surface area contributed by atoms with E-state index in [1.54, 1.807) is 13.2 Å². The van der Waals surface area contributed by atoms with Crippen molar-refractivity contribution < 1.29 is 17.9 Å². The van der Waals surface area contributed by atoms with Crippen LogP contribution < -0.4 is 15.4 Å². The second kappa shape index (κ2) is 10.4. The molecule has 0 atom stereocenters. The molecule has 0 spiro atoms. The fourth-order valence-corrected chi connectivity index (χ4v) is 5.05. The largest absolute Gasteiger partial charge is 0.493 e. The fourth-order valence-electron chi connectivity index (χ4n) is 4.41. The third-order valence-corrected chi connectivity index (χ3v) is 7.21. The van der Waals surface area contributed by atoms with Gasteiger partial charge in [0, 0.05) is 43.0 Å². The SMILES string of the molecule is CNC(=O)[C@H]1CC[C@H](Nc2nccc(-n3ccc4c(OCCCS(C)(=O)=O)cccc43)n2)CC1. The van der Waals surface area contributed by atoms with Crippen LogP contribution in [0.4, 0.5) is 5.95 Å². The van der Waals surface area contributed by atoms with Crippen LogP contribution in [-0.4, -0.2) is 60.6 Å². The second-order valence-electron chi connectivity index (χ2n) is 8.75. The number of amides is 1. The molecule has 34 heavy (non-hydrogen) atoms. The number of carbonyl (C=O) groups is 1. The van der Waals surface area contributed by atoms with E-state index < -0.39 is 9.84 Å². The Balaban J connectivity index is 1.44. The van der Waals surface area contributed by atoms with Crippen molar-refractivity contribution >= 4 is 32.6 Å². The molecule has 0 unspecified atom stereocenters. The molecule has 1 aromatic carbocycles. The quantitative estimate of drug-likeness (QED) is 0.448. The molecular weight excluding hydrogens is 454 g/mol. The second-order valence-corrected chi connectivity index (χ2v) is 11.0. The summed E-state index contributed by atoms with van der Waals surface area (Å²) in [6, 6.07) is 9.85. The zero-order valence-corrected chi connectivity index (χ0v) is 20.3. The highest BCUT2D eigenvalue weighted by Gasteiger charge is 2.26. The molecule has 2 heterocycles. The smallest absolute Gasteiger partial charge is 0.224 e. The summed E-state index contributed by atoms with van der Waals surface area (Å²) in [7, 11) is -1.31. The summed E-state index contributed by atoms with van der Waals surface area (Å²) in [5, 5.41) is 7.10. The van der Waals surface area contributed by atoms with E-state index in [-0.39, 0.29) is 23.6 Å². The first-order valence-electron chi connectivity index (χ1n) is 11.6. The first-order chi connectivity index (χ1) is 16.3. The van der Waals surface area contributed by atoms with E-state index in [0.29, 0.717) is 24.7 Å². The van der Waals surface area contributed by atoms with Gasteiger partial charge in [-0.05, 0) is 56.4 Å². The lowest BCUT2D eigenvalue weighted by atomic mass is 9.85. The Bertz CT molecular complexity index is 1250. The number of nitrogens with one attached hydrogen (secondary N) is 2. The van der Waals surface area contributed by atoms with E-state index in [1.165, 1.54) is 6.26 Å². The molecule has 0 aliphatic heterocycles. The lowest BCUT2D eigenvalue weighted by Crippen LogP contribution is -2.34. The predicted molar refractivity (Wildman–Crippen MR) is 132 cm³/mol. The Kier molecular flexibility index (Phi) is 7.35. The van der Waals surface area contributed by atoms with Crippen molar-refractivity contribution in [1.29, 1.82) is 0 Å². The van der Waals surface area contributed by atoms with Crippen molar-refractivity contribution in [3.8, 4) is 11.6 Å². The van der Waals surface area contributed by atoms with Crippen LogP contribution in [0.3, 0.4) is 0 Å². The van der Waals surface area contributed by atoms with Crippen molar-refractivity contribution in [3.05, 3.63) is 42.7 Å². The number of fused-ring (bicyclic) bond motifs is 1. The van der Waals surface area contributed by atoms with Gasteiger partial charge in [0.15, 0.2) is 0 Å². The van der Waals surface area contributed by atoms with Crippen LogP contribution in [0, 0.1) is 5.92 Å². The Morgan fingerprint density at radius 2 is 1.97 bits per heavy atom. The molecule has 4 rings (SSSR count). The lowest BCUT2D eigenvalue weighted by Gasteiger charge is -2.28. The van der Waals surface area contributed by atoms with E-state index >= 15 is 0 Å². The van der Waals surface area contributed by atoms with Gasteiger partial charge >= 0.3 is 0 Å². The Hall–Kier alpha value is -3.14. The molecule has 1 saturated carbocycles. The minimum Gasteiger partial charge on any atom is -0.493 e. The maximum absolute atomic E-state index is 11.9. The van der Waals surface area contributed by atoms with Crippen LogP contribution in [0.5, 0.6) is 5.75 Å². The number of ether oxygens (including phenoxy) is 1. The average Bonchev–Trinajstić information content (AvgIpc) is 3.26. The van der Waals surface area contributed by atoms with Crippen LogP contribution in [0.15, 0.2) is 42.7 Å². The molecule has 1 aliphatic rings. The van der Waals surface area contributed by atoms with Crippen molar-refractivity contribution in [1.82, 2.24) is 19.9 Å². The standard InChI is InChI=1S/C24H31N5O4S/c1-25-23(30)17-7-9-18(10-8-17)27-24-26-13-11-22(28-24)29-14-12-19-20(29)5-3-6-21(19)33-15-4-16-34(2,31)32/h3,5-6,11-14,17-18H,4,7-10,15-16H2,1-2H3,(H,25,30)(H,26,27,28)/t17-,18-. The van der Waals surface area contributed by atoms with Gasteiger partial charge in [-0.15, -0.1) is 0 Å². The van der Waals surface area contributed by atoms with Gasteiger partial charge in [-0.3, -0.25) is 4.79 Å². The summed E-state index contributed by atoms with van der Waals surface area (Å²) in [4.78, 5) is 21.0. The van der Waals surface area contributed by atoms with Gasteiger partial charge in [-0.25, -0.2) is 13.4 Å². The lowest BCUT2D eigenvalue weighted by molar-refractivity contribution is -0.125. The van der Waals surface area contributed by atoms with Gasteiger partial charge in [0.1, 0.15) is 21.4 Å². The van der Waals surface area contributed by atoms with E-state index in [1.807, 2.05) is 41.1 Å². The van der Waals surface area contributed by atoms with E-state index in [9.17, 15) is 13.2 Å². The third-order valence-electron chi connectivity index (χ3n) is 6.18. The summed E-state index contributed by atoms with van der Waals surface area (Å²) in [6.45, 7) is 0.334. The van der Waals surface area contributed by atoms with Crippen molar-refractivity contribution in [2.45, 2.75) is 38.1 Å². The van der Waals surface area contributed by atoms with Gasteiger partial charge < -0.3 is 19.9 Å². The van der Waals surface area contributed by atoms with Crippen molar-refractivity contribution in [3.63, 3.8) is 0 Å². The highest BCUT2D eigenvalue weighted by atomic mass is 32.2. The van der Waals surface area contributed by atoms with Gasteiger partial charge in [-0.2, -0.15) is 4.98 Å². The number of carbonyl (C=O) groups excluding carboxylic acids is 1. The molecule has 0 radical (unpaired) electrons. The average molecular weight is 486 g/mol. The first kappa shape index (κ1) is 24.0. The zero-order chi connectivity index (χ0) is 24.1. The number of rotatable bonds is 9. The van der Waals surface area contributed by atoms with E-state index in [4.69, 9.17) is 9.72 Å². The van der Waals surface area contributed by atoms with Gasteiger partial charge in [-0.1, -0.05) is 6.07 Å². The monoisotopic (exact) mass is 485 g/mol. The molecule has 1 amide bonds. The van der Waals surface area contributed by atoms with Crippen LogP contribution in [-0.2, 0) is 14.6 Å². The fraction of sp³-hybridized carbons (Fsp3) is 0.458. The molecular formula is C24H31N5O4S. The maximum atomic E-state index is 11.9.